The van der Waals surface area contributed by atoms with Gasteiger partial charge in [0.15, 0.2) is 0 Å². The summed E-state index contributed by atoms with van der Waals surface area (Å²) in [6.45, 7) is 2.54. The van der Waals surface area contributed by atoms with Gasteiger partial charge in [0.25, 0.3) is 0 Å². The summed E-state index contributed by atoms with van der Waals surface area (Å²) in [5.74, 6) is 3.89. The summed E-state index contributed by atoms with van der Waals surface area (Å²) in [5.41, 5.74) is 3.94. The molecule has 0 aromatic rings. The fourth-order valence-corrected chi connectivity index (χ4v) is 7.40. The van der Waals surface area contributed by atoms with Crippen LogP contribution < -0.4 is 0 Å². The molecule has 3 saturated carbocycles. The van der Waals surface area contributed by atoms with E-state index in [4.69, 9.17) is 4.74 Å². The van der Waals surface area contributed by atoms with Gasteiger partial charge in [0, 0.05) is 20.0 Å². The lowest BCUT2D eigenvalue weighted by Crippen LogP contribution is -2.48. The molecule has 5 aliphatic carbocycles. The van der Waals surface area contributed by atoms with Crippen LogP contribution in [0, 0.1) is 29.1 Å². The van der Waals surface area contributed by atoms with Crippen molar-refractivity contribution < 1.29 is 9.53 Å². The Morgan fingerprint density at radius 1 is 1.18 bits per heavy atom. The zero-order chi connectivity index (χ0) is 15.1. The van der Waals surface area contributed by atoms with Gasteiger partial charge in [-0.2, -0.15) is 0 Å². The molecular weight excluding hydrogens is 272 g/mol. The third-order valence-electron chi connectivity index (χ3n) is 8.51. The lowest BCUT2D eigenvalue weighted by atomic mass is 9.53. The lowest BCUT2D eigenvalue weighted by molar-refractivity contribution is -0.119. The maximum Gasteiger partial charge on any atom is 0.137 e. The van der Waals surface area contributed by atoms with E-state index in [-0.39, 0.29) is 5.60 Å². The van der Waals surface area contributed by atoms with Crippen molar-refractivity contribution in [3.63, 3.8) is 0 Å². The van der Waals surface area contributed by atoms with Crippen LogP contribution in [-0.2, 0) is 9.53 Å². The molecule has 5 aliphatic rings. The van der Waals surface area contributed by atoms with Crippen LogP contribution in [0.2, 0.25) is 0 Å². The number of fused-ring (bicyclic) bond motifs is 6. The van der Waals surface area contributed by atoms with Crippen molar-refractivity contribution in [3.05, 3.63) is 11.1 Å². The first-order valence-corrected chi connectivity index (χ1v) is 9.37. The Bertz CT molecular complexity index is 572. The van der Waals surface area contributed by atoms with Crippen LogP contribution in [0.5, 0.6) is 0 Å². The van der Waals surface area contributed by atoms with Crippen molar-refractivity contribution in [2.75, 3.05) is 7.11 Å². The van der Waals surface area contributed by atoms with Gasteiger partial charge in [0.05, 0.1) is 5.60 Å². The summed E-state index contributed by atoms with van der Waals surface area (Å²) in [6, 6.07) is 0. The molecule has 22 heavy (non-hydrogen) atoms. The van der Waals surface area contributed by atoms with Crippen molar-refractivity contribution in [1.82, 2.24) is 0 Å². The summed E-state index contributed by atoms with van der Waals surface area (Å²) in [6.07, 6.45) is 10.6. The number of ether oxygens (including phenoxy) is 1. The van der Waals surface area contributed by atoms with Gasteiger partial charge in [-0.15, -0.1) is 0 Å². The molecule has 120 valence electrons. The maximum absolute atomic E-state index is 11.8. The van der Waals surface area contributed by atoms with Crippen LogP contribution in [0.25, 0.3) is 0 Å². The van der Waals surface area contributed by atoms with E-state index in [1.165, 1.54) is 38.5 Å². The zero-order valence-corrected chi connectivity index (χ0v) is 14.0. The first kappa shape index (κ1) is 13.8. The molecule has 0 aromatic heterocycles. The standard InChI is InChI=1S/C20H28O2/c1-19-8-7-16-15-6-4-14(21)9-12(15)3-5-17(16)18(19)10-13-11-20(13,19)22-2/h13,16-18H,3-11H2,1-2H3/t13-,16+,17+,18-,19-,20-/m0/s1. The van der Waals surface area contributed by atoms with E-state index in [9.17, 15) is 4.79 Å². The Morgan fingerprint density at radius 3 is 2.86 bits per heavy atom. The number of allylic oxidation sites excluding steroid dienone is 2. The van der Waals surface area contributed by atoms with Crippen LogP contribution in [0.4, 0.5) is 0 Å². The Hall–Kier alpha value is -0.630. The molecule has 0 unspecified atom stereocenters. The van der Waals surface area contributed by atoms with E-state index in [2.05, 4.69) is 6.92 Å². The van der Waals surface area contributed by atoms with Crippen molar-refractivity contribution in [1.29, 1.82) is 0 Å². The first-order chi connectivity index (χ1) is 10.6. The number of rotatable bonds is 1. The molecule has 6 atom stereocenters. The van der Waals surface area contributed by atoms with Crippen LogP contribution in [0.3, 0.4) is 0 Å². The highest BCUT2D eigenvalue weighted by Crippen LogP contribution is 2.75. The average Bonchev–Trinajstić information content (AvgIpc) is 3.18. The molecule has 3 fully saturated rings. The van der Waals surface area contributed by atoms with E-state index in [1.54, 1.807) is 11.1 Å². The second kappa shape index (κ2) is 4.26. The van der Waals surface area contributed by atoms with E-state index >= 15 is 0 Å². The SMILES string of the molecule is CO[C@@]12C[C@@H]1C[C@H]1[C@@H]3CCC4=C(CCC(=O)C4)[C@H]3CC[C@@]12C. The van der Waals surface area contributed by atoms with E-state index in [0.29, 0.717) is 11.2 Å². The van der Waals surface area contributed by atoms with Crippen LogP contribution >= 0.6 is 0 Å². The molecular formula is C20H28O2. The molecule has 0 radical (unpaired) electrons. The second-order valence-corrected chi connectivity index (χ2v) is 8.95. The first-order valence-electron chi connectivity index (χ1n) is 9.37. The Morgan fingerprint density at radius 2 is 2.05 bits per heavy atom. The zero-order valence-electron chi connectivity index (χ0n) is 14.0. The Labute approximate surface area is 133 Å². The Kier molecular flexibility index (Phi) is 2.67. The summed E-state index contributed by atoms with van der Waals surface area (Å²) < 4.78 is 6.09. The minimum Gasteiger partial charge on any atom is -0.377 e. The number of methoxy groups -OCH3 is 1. The molecule has 5 rings (SSSR count). The molecule has 0 saturated heterocycles. The summed E-state index contributed by atoms with van der Waals surface area (Å²) >= 11 is 0. The van der Waals surface area contributed by atoms with E-state index in [0.717, 1.165) is 42.9 Å². The third kappa shape index (κ3) is 1.48. The molecule has 0 aliphatic heterocycles. The maximum atomic E-state index is 11.8. The minimum atomic E-state index is 0.236. The van der Waals surface area contributed by atoms with E-state index in [1.807, 2.05) is 7.11 Å². The molecule has 2 heteroatoms. The van der Waals surface area contributed by atoms with Crippen molar-refractivity contribution in [3.8, 4) is 0 Å². The molecule has 0 heterocycles. The van der Waals surface area contributed by atoms with E-state index < -0.39 is 0 Å². The average molecular weight is 300 g/mol. The van der Waals surface area contributed by atoms with Crippen molar-refractivity contribution >= 4 is 5.78 Å². The van der Waals surface area contributed by atoms with Gasteiger partial charge >= 0.3 is 0 Å². The van der Waals surface area contributed by atoms with Gasteiger partial charge in [-0.25, -0.2) is 0 Å². The Balaban J connectivity index is 1.48. The number of carbonyl (C=O) groups is 1. The van der Waals surface area contributed by atoms with Crippen LogP contribution in [-0.4, -0.2) is 18.5 Å². The lowest BCUT2D eigenvalue weighted by Gasteiger charge is -2.53. The number of hydrogen-bond donors (Lipinski definition) is 0. The van der Waals surface area contributed by atoms with Crippen molar-refractivity contribution in [2.45, 2.75) is 70.3 Å². The number of hydrogen-bond acceptors (Lipinski definition) is 2. The smallest absolute Gasteiger partial charge is 0.137 e. The largest absolute Gasteiger partial charge is 0.377 e. The molecule has 0 aromatic carbocycles. The second-order valence-electron chi connectivity index (χ2n) is 8.95. The minimum absolute atomic E-state index is 0.236. The van der Waals surface area contributed by atoms with Crippen molar-refractivity contribution in [2.24, 2.45) is 29.1 Å². The van der Waals surface area contributed by atoms with Gasteiger partial charge in [-0.1, -0.05) is 18.1 Å². The van der Waals surface area contributed by atoms with Gasteiger partial charge in [-0.05, 0) is 74.0 Å². The van der Waals surface area contributed by atoms with Crippen LogP contribution in [0.1, 0.15) is 64.7 Å². The summed E-state index contributed by atoms with van der Waals surface area (Å²) in [5, 5.41) is 0. The highest BCUT2D eigenvalue weighted by atomic mass is 16.5. The van der Waals surface area contributed by atoms with Gasteiger partial charge in [0.1, 0.15) is 5.78 Å². The molecule has 0 bridgehead atoms. The summed E-state index contributed by atoms with van der Waals surface area (Å²) in [7, 11) is 1.95. The normalized spacial score (nSPS) is 52.7. The number of carbonyl (C=O) groups excluding carboxylic acids is 1. The quantitative estimate of drug-likeness (QED) is 0.675. The number of Topliss-reactive ketones (excluding diaryl/α,β-unsaturated/α-hetero) is 1. The molecule has 0 amide bonds. The topological polar surface area (TPSA) is 26.3 Å². The third-order valence-corrected chi connectivity index (χ3v) is 8.51. The summed E-state index contributed by atoms with van der Waals surface area (Å²) in [4.78, 5) is 11.8. The number of ketones is 1. The predicted molar refractivity (Wildman–Crippen MR) is 85.4 cm³/mol. The van der Waals surface area contributed by atoms with Crippen LogP contribution in [0.15, 0.2) is 11.1 Å². The molecule has 0 spiro atoms. The van der Waals surface area contributed by atoms with Gasteiger partial charge in [0.2, 0.25) is 0 Å². The predicted octanol–water partition coefficient (Wildman–Crippen LogP) is 4.29. The highest BCUT2D eigenvalue weighted by Gasteiger charge is 2.75. The highest BCUT2D eigenvalue weighted by molar-refractivity contribution is 5.82. The fourth-order valence-electron chi connectivity index (χ4n) is 7.40. The monoisotopic (exact) mass is 300 g/mol. The van der Waals surface area contributed by atoms with Gasteiger partial charge < -0.3 is 4.74 Å². The molecule has 0 N–H and O–H groups in total. The van der Waals surface area contributed by atoms with Gasteiger partial charge in [-0.3, -0.25) is 4.79 Å². The molecule has 2 nitrogen and oxygen atoms in total. The fraction of sp³-hybridized carbons (Fsp3) is 0.850.